The van der Waals surface area contributed by atoms with Crippen molar-refractivity contribution in [3.05, 3.63) is 41.1 Å². The topological polar surface area (TPSA) is 67.1 Å². The summed E-state index contributed by atoms with van der Waals surface area (Å²) in [5.74, 6) is -0.303. The van der Waals surface area contributed by atoms with Crippen LogP contribution in [0.1, 0.15) is 47.8 Å². The van der Waals surface area contributed by atoms with Crippen molar-refractivity contribution < 1.29 is 9.53 Å². The molecule has 0 saturated carbocycles. The summed E-state index contributed by atoms with van der Waals surface area (Å²) < 4.78 is 7.29. The summed E-state index contributed by atoms with van der Waals surface area (Å²) in [6.07, 6.45) is 6.84. The molecule has 0 saturated heterocycles. The minimum Gasteiger partial charge on any atom is -0.462 e. The second kappa shape index (κ2) is 6.91. The van der Waals surface area contributed by atoms with Gasteiger partial charge in [0.05, 0.1) is 30.7 Å². The molecule has 3 rings (SSSR count). The molecule has 0 aliphatic heterocycles. The fourth-order valence-corrected chi connectivity index (χ4v) is 3.42. The third-order valence-corrected chi connectivity index (χ3v) is 4.58. The van der Waals surface area contributed by atoms with Crippen LogP contribution in [0.4, 0.5) is 0 Å². The first-order valence-corrected chi connectivity index (χ1v) is 8.37. The predicted octanol–water partition coefficient (Wildman–Crippen LogP) is 3.62. The van der Waals surface area contributed by atoms with Crippen molar-refractivity contribution in [2.24, 2.45) is 7.05 Å². The molecular weight excluding hydrogens is 302 g/mol. The van der Waals surface area contributed by atoms with Crippen molar-refractivity contribution in [1.29, 1.82) is 5.41 Å². The number of rotatable bonds is 6. The van der Waals surface area contributed by atoms with Crippen molar-refractivity contribution in [3.63, 3.8) is 0 Å². The van der Waals surface area contributed by atoms with E-state index in [0.29, 0.717) is 18.7 Å². The van der Waals surface area contributed by atoms with E-state index in [1.165, 1.54) is 17.6 Å². The van der Waals surface area contributed by atoms with Gasteiger partial charge in [-0.2, -0.15) is 0 Å². The maximum absolute atomic E-state index is 12.6. The molecule has 1 aromatic heterocycles. The number of aryl methyl sites for hydroxylation is 1. The molecule has 5 nitrogen and oxygen atoms in total. The minimum atomic E-state index is -0.303. The van der Waals surface area contributed by atoms with Crippen LogP contribution in [0.25, 0.3) is 16.5 Å². The first-order valence-electron chi connectivity index (χ1n) is 8.37. The minimum absolute atomic E-state index is 0.303. The summed E-state index contributed by atoms with van der Waals surface area (Å²) in [5.41, 5.74) is 4.98. The number of allylic oxidation sites excluding steroid dienone is 2. The fourth-order valence-electron chi connectivity index (χ4n) is 3.42. The number of carbonyl (C=O) groups excluding carboxylic acids is 1. The van der Waals surface area contributed by atoms with Crippen molar-refractivity contribution in [2.75, 3.05) is 6.61 Å². The van der Waals surface area contributed by atoms with E-state index < -0.39 is 0 Å². The molecule has 5 heteroatoms. The van der Waals surface area contributed by atoms with Gasteiger partial charge >= 0.3 is 5.97 Å². The van der Waals surface area contributed by atoms with Crippen LogP contribution in [0.2, 0.25) is 0 Å². The Labute approximate surface area is 141 Å². The Morgan fingerprint density at radius 3 is 2.96 bits per heavy atom. The monoisotopic (exact) mass is 325 g/mol. The van der Waals surface area contributed by atoms with Crippen LogP contribution in [0, 0.1) is 5.41 Å². The Morgan fingerprint density at radius 2 is 2.29 bits per heavy atom. The second-order valence-corrected chi connectivity index (χ2v) is 5.98. The van der Waals surface area contributed by atoms with Gasteiger partial charge in [-0.05, 0) is 49.5 Å². The maximum Gasteiger partial charge on any atom is 0.340 e. The quantitative estimate of drug-likeness (QED) is 0.484. The van der Waals surface area contributed by atoms with Gasteiger partial charge in [0.1, 0.15) is 0 Å². The molecule has 0 radical (unpaired) electrons. The van der Waals surface area contributed by atoms with E-state index >= 15 is 0 Å². The third kappa shape index (κ3) is 2.82. The molecule has 1 aliphatic rings. The third-order valence-electron chi connectivity index (χ3n) is 4.58. The van der Waals surface area contributed by atoms with Gasteiger partial charge in [-0.25, -0.2) is 4.79 Å². The number of ether oxygens (including phenoxy) is 1. The molecule has 2 N–H and O–H groups in total. The van der Waals surface area contributed by atoms with Crippen LogP contribution in [0.15, 0.2) is 24.3 Å². The van der Waals surface area contributed by atoms with Gasteiger partial charge in [-0.1, -0.05) is 12.1 Å². The Morgan fingerprint density at radius 1 is 1.46 bits per heavy atom. The van der Waals surface area contributed by atoms with E-state index in [4.69, 9.17) is 10.1 Å². The molecule has 24 heavy (non-hydrogen) atoms. The highest BCUT2D eigenvalue weighted by molar-refractivity contribution is 6.06. The van der Waals surface area contributed by atoms with E-state index in [0.717, 1.165) is 35.8 Å². The summed E-state index contributed by atoms with van der Waals surface area (Å²) in [5, 5.41) is 11.0. The average molecular weight is 325 g/mol. The number of esters is 1. The molecule has 0 amide bonds. The average Bonchev–Trinajstić information content (AvgIpc) is 3.20. The van der Waals surface area contributed by atoms with Crippen LogP contribution < -0.4 is 5.32 Å². The zero-order chi connectivity index (χ0) is 17.1. The molecule has 0 bridgehead atoms. The van der Waals surface area contributed by atoms with Gasteiger partial charge in [0.15, 0.2) is 0 Å². The maximum atomic E-state index is 12.6. The number of benzene rings is 1. The lowest BCUT2D eigenvalue weighted by Gasteiger charge is -2.07. The zero-order valence-corrected chi connectivity index (χ0v) is 14.2. The van der Waals surface area contributed by atoms with Crippen molar-refractivity contribution in [2.45, 2.75) is 32.7 Å². The molecule has 2 aromatic rings. The van der Waals surface area contributed by atoms with Crippen molar-refractivity contribution >= 4 is 28.8 Å². The van der Waals surface area contributed by atoms with Crippen molar-refractivity contribution in [1.82, 2.24) is 9.88 Å². The van der Waals surface area contributed by atoms with E-state index in [1.807, 2.05) is 18.5 Å². The summed E-state index contributed by atoms with van der Waals surface area (Å²) in [6.45, 7) is 2.58. The molecule has 0 fully saturated rings. The largest absolute Gasteiger partial charge is 0.462 e. The van der Waals surface area contributed by atoms with Crippen LogP contribution in [0.5, 0.6) is 0 Å². The standard InChI is InChI=1S/C19H23N3O2/c1-3-24-19(23)18-15-10-14(13-6-4-5-7-13)8-9-16(15)22(2)17(18)11-21-12-20/h6,8-10,12H,3-5,7,11H2,1-2H3,(H2,20,21). The first-order chi connectivity index (χ1) is 11.7. The van der Waals surface area contributed by atoms with Gasteiger partial charge in [0, 0.05) is 18.0 Å². The first kappa shape index (κ1) is 16.3. The normalized spacial score (nSPS) is 13.8. The molecule has 1 heterocycles. The number of aromatic nitrogens is 1. The summed E-state index contributed by atoms with van der Waals surface area (Å²) >= 11 is 0. The van der Waals surface area contributed by atoms with Crippen LogP contribution >= 0.6 is 0 Å². The number of hydrogen-bond acceptors (Lipinski definition) is 3. The van der Waals surface area contributed by atoms with Gasteiger partial charge in [-0.3, -0.25) is 5.41 Å². The van der Waals surface area contributed by atoms with Gasteiger partial charge in [0.2, 0.25) is 0 Å². The van der Waals surface area contributed by atoms with Crippen LogP contribution in [-0.2, 0) is 18.3 Å². The number of carbonyl (C=O) groups is 1. The second-order valence-electron chi connectivity index (χ2n) is 5.98. The van der Waals surface area contributed by atoms with E-state index in [2.05, 4.69) is 29.6 Å². The predicted molar refractivity (Wildman–Crippen MR) is 96.3 cm³/mol. The summed E-state index contributed by atoms with van der Waals surface area (Å²) in [7, 11) is 1.94. The number of fused-ring (bicyclic) bond motifs is 1. The smallest absolute Gasteiger partial charge is 0.340 e. The highest BCUT2D eigenvalue weighted by Gasteiger charge is 2.22. The molecule has 1 aliphatic carbocycles. The van der Waals surface area contributed by atoms with Gasteiger partial charge in [-0.15, -0.1) is 0 Å². The highest BCUT2D eigenvalue weighted by Crippen LogP contribution is 2.33. The highest BCUT2D eigenvalue weighted by atomic mass is 16.5. The Bertz CT molecular complexity index is 818. The lowest BCUT2D eigenvalue weighted by Crippen LogP contribution is -2.16. The van der Waals surface area contributed by atoms with Gasteiger partial charge in [0.25, 0.3) is 0 Å². The molecule has 0 unspecified atom stereocenters. The molecule has 1 aromatic carbocycles. The lowest BCUT2D eigenvalue weighted by molar-refractivity contribution is 0.0527. The van der Waals surface area contributed by atoms with Crippen LogP contribution in [0.3, 0.4) is 0 Å². The Kier molecular flexibility index (Phi) is 4.69. The zero-order valence-electron chi connectivity index (χ0n) is 14.2. The molecule has 126 valence electrons. The fraction of sp³-hybridized carbons (Fsp3) is 0.368. The number of nitrogens with one attached hydrogen (secondary N) is 2. The van der Waals surface area contributed by atoms with Gasteiger partial charge < -0.3 is 14.6 Å². The molecule has 0 atom stereocenters. The summed E-state index contributed by atoms with van der Waals surface area (Å²) in [4.78, 5) is 12.6. The number of hydrogen-bond donors (Lipinski definition) is 2. The number of nitrogens with zero attached hydrogens (tertiary/aromatic N) is 1. The SMILES string of the molecule is CCOC(=O)c1c(CNC=N)n(C)c2ccc(C3=CCCC3)cc12. The summed E-state index contributed by atoms with van der Waals surface area (Å²) in [6, 6.07) is 6.30. The lowest BCUT2D eigenvalue weighted by atomic mass is 10.0. The Hall–Kier alpha value is -2.56. The Balaban J connectivity index is 2.17. The van der Waals surface area contributed by atoms with Crippen molar-refractivity contribution in [3.8, 4) is 0 Å². The van der Waals surface area contributed by atoms with Crippen LogP contribution in [-0.4, -0.2) is 23.5 Å². The van der Waals surface area contributed by atoms with E-state index in [1.54, 1.807) is 0 Å². The van der Waals surface area contributed by atoms with E-state index in [-0.39, 0.29) is 5.97 Å². The molecule has 0 spiro atoms. The van der Waals surface area contributed by atoms with E-state index in [9.17, 15) is 4.79 Å². The molecular formula is C19H23N3O2.